The molecule has 0 aliphatic rings. The molecular weight excluding hydrogens is 361 g/mol. The number of ketones is 1. The fraction of sp³-hybridized carbons (Fsp3) is 0.235. The third-order valence-corrected chi connectivity index (χ3v) is 4.24. The van der Waals surface area contributed by atoms with E-state index in [9.17, 15) is 4.79 Å². The van der Waals surface area contributed by atoms with Crippen molar-refractivity contribution in [2.45, 2.75) is 19.4 Å². The number of Topliss-reactive ketones (excluding diaryl/α,β-unsaturated/α-hetero) is 1. The molecule has 2 N–H and O–H groups in total. The van der Waals surface area contributed by atoms with Crippen LogP contribution in [0.1, 0.15) is 24.1 Å². The highest BCUT2D eigenvalue weighted by molar-refractivity contribution is 14.1. The Morgan fingerprint density at radius 1 is 1.10 bits per heavy atom. The summed E-state index contributed by atoms with van der Waals surface area (Å²) in [6.07, 6.45) is 0.443. The Morgan fingerprint density at radius 3 is 2.30 bits per heavy atom. The Morgan fingerprint density at radius 2 is 1.70 bits per heavy atom. The molecule has 0 aliphatic heterocycles. The fourth-order valence-electron chi connectivity index (χ4n) is 2.13. The molecule has 2 aromatic carbocycles. The molecule has 0 amide bonds. The zero-order valence-electron chi connectivity index (χ0n) is 11.4. The van der Waals surface area contributed by atoms with Gasteiger partial charge in [-0.15, -0.1) is 0 Å². The lowest BCUT2D eigenvalue weighted by Crippen LogP contribution is -2.27. The van der Waals surface area contributed by atoms with Crippen LogP contribution in [0, 0.1) is 9.49 Å². The number of halogens is 1. The zero-order valence-corrected chi connectivity index (χ0v) is 13.6. The second-order valence-corrected chi connectivity index (χ2v) is 6.24. The van der Waals surface area contributed by atoms with Crippen molar-refractivity contribution in [3.8, 4) is 0 Å². The van der Waals surface area contributed by atoms with Gasteiger partial charge in [0.1, 0.15) is 5.78 Å². The van der Waals surface area contributed by atoms with Crippen LogP contribution in [0.25, 0.3) is 0 Å². The largest absolute Gasteiger partial charge is 0.323 e. The maximum atomic E-state index is 12.3. The van der Waals surface area contributed by atoms with Gasteiger partial charge in [0.2, 0.25) is 0 Å². The summed E-state index contributed by atoms with van der Waals surface area (Å²) in [6, 6.07) is 17.6. The van der Waals surface area contributed by atoms with E-state index in [0.29, 0.717) is 6.42 Å². The molecule has 2 unspecified atom stereocenters. The molecule has 0 heterocycles. The molecule has 2 rings (SSSR count). The topological polar surface area (TPSA) is 43.1 Å². The lowest BCUT2D eigenvalue weighted by atomic mass is 9.89. The molecule has 0 radical (unpaired) electrons. The highest BCUT2D eigenvalue weighted by atomic mass is 127. The van der Waals surface area contributed by atoms with Crippen molar-refractivity contribution in [3.63, 3.8) is 0 Å². The molecule has 0 bridgehead atoms. The third-order valence-electron chi connectivity index (χ3n) is 3.52. The number of hydrogen-bond acceptors (Lipinski definition) is 2. The number of carbonyl (C=O) groups excluding carboxylic acids is 1. The molecule has 0 aliphatic carbocycles. The van der Waals surface area contributed by atoms with Gasteiger partial charge >= 0.3 is 0 Å². The van der Waals surface area contributed by atoms with E-state index in [1.807, 2.05) is 61.5 Å². The van der Waals surface area contributed by atoms with Gasteiger partial charge < -0.3 is 5.73 Å². The summed E-state index contributed by atoms with van der Waals surface area (Å²) in [7, 11) is 0. The van der Waals surface area contributed by atoms with Crippen molar-refractivity contribution in [2.75, 3.05) is 0 Å². The third kappa shape index (κ3) is 3.90. The normalized spacial score (nSPS) is 13.8. The molecule has 2 atom stereocenters. The molecule has 20 heavy (non-hydrogen) atoms. The summed E-state index contributed by atoms with van der Waals surface area (Å²) in [5, 5.41) is 0. The van der Waals surface area contributed by atoms with Crippen LogP contribution in [-0.4, -0.2) is 5.78 Å². The van der Waals surface area contributed by atoms with Crippen LogP contribution in [0.4, 0.5) is 0 Å². The number of carbonyl (C=O) groups is 1. The minimum atomic E-state index is -0.243. The lowest BCUT2D eigenvalue weighted by molar-refractivity contribution is -0.122. The van der Waals surface area contributed by atoms with E-state index < -0.39 is 0 Å². The van der Waals surface area contributed by atoms with Gasteiger partial charge in [0.05, 0.1) is 0 Å². The molecule has 0 aromatic heterocycles. The van der Waals surface area contributed by atoms with Gasteiger partial charge in [0.25, 0.3) is 0 Å². The van der Waals surface area contributed by atoms with Gasteiger partial charge in [-0.25, -0.2) is 0 Å². The van der Waals surface area contributed by atoms with Crippen LogP contribution in [0.5, 0.6) is 0 Å². The number of benzene rings is 2. The Hall–Kier alpha value is -1.20. The van der Waals surface area contributed by atoms with E-state index in [4.69, 9.17) is 5.73 Å². The molecular formula is C17H18INO. The van der Waals surface area contributed by atoms with Crippen molar-refractivity contribution in [1.82, 2.24) is 0 Å². The standard InChI is InChI=1S/C17H18INO/c1-12(17(19)14-5-3-2-4-6-14)16(20)11-13-7-9-15(18)10-8-13/h2-10,12,17H,11,19H2,1H3. The lowest BCUT2D eigenvalue weighted by Gasteiger charge is -2.19. The Bertz CT molecular complexity index is 565. The molecule has 0 saturated heterocycles. The smallest absolute Gasteiger partial charge is 0.141 e. The van der Waals surface area contributed by atoms with E-state index in [1.54, 1.807) is 0 Å². The zero-order chi connectivity index (χ0) is 14.5. The van der Waals surface area contributed by atoms with Crippen molar-refractivity contribution in [1.29, 1.82) is 0 Å². The van der Waals surface area contributed by atoms with Crippen LogP contribution in [0.3, 0.4) is 0 Å². The van der Waals surface area contributed by atoms with E-state index in [-0.39, 0.29) is 17.7 Å². The fourth-order valence-corrected chi connectivity index (χ4v) is 2.49. The summed E-state index contributed by atoms with van der Waals surface area (Å²) >= 11 is 2.26. The first kappa shape index (κ1) is 15.2. The highest BCUT2D eigenvalue weighted by Crippen LogP contribution is 2.21. The average molecular weight is 379 g/mol. The van der Waals surface area contributed by atoms with E-state index >= 15 is 0 Å². The maximum absolute atomic E-state index is 12.3. The monoisotopic (exact) mass is 379 g/mol. The van der Waals surface area contributed by atoms with Crippen LogP contribution < -0.4 is 5.73 Å². The predicted molar refractivity (Wildman–Crippen MR) is 90.4 cm³/mol. The maximum Gasteiger partial charge on any atom is 0.141 e. The first-order chi connectivity index (χ1) is 9.58. The molecule has 3 heteroatoms. The molecule has 2 aromatic rings. The number of hydrogen-bond donors (Lipinski definition) is 1. The highest BCUT2D eigenvalue weighted by Gasteiger charge is 2.21. The van der Waals surface area contributed by atoms with Crippen molar-refractivity contribution in [2.24, 2.45) is 11.7 Å². The van der Waals surface area contributed by atoms with E-state index in [2.05, 4.69) is 22.6 Å². The first-order valence-electron chi connectivity index (χ1n) is 6.65. The second-order valence-electron chi connectivity index (χ2n) is 4.99. The molecule has 104 valence electrons. The summed E-state index contributed by atoms with van der Waals surface area (Å²) in [4.78, 5) is 12.3. The average Bonchev–Trinajstić information content (AvgIpc) is 2.49. The van der Waals surface area contributed by atoms with Crippen LogP contribution in [0.15, 0.2) is 54.6 Å². The van der Waals surface area contributed by atoms with Crippen LogP contribution in [-0.2, 0) is 11.2 Å². The van der Waals surface area contributed by atoms with Gasteiger partial charge in [0.15, 0.2) is 0 Å². The van der Waals surface area contributed by atoms with Crippen LogP contribution in [0.2, 0.25) is 0 Å². The summed E-state index contributed by atoms with van der Waals surface area (Å²) < 4.78 is 1.17. The van der Waals surface area contributed by atoms with Gasteiger partial charge in [-0.1, -0.05) is 49.4 Å². The van der Waals surface area contributed by atoms with Gasteiger partial charge in [-0.3, -0.25) is 4.79 Å². The molecule has 0 saturated carbocycles. The Balaban J connectivity index is 2.03. The Kier molecular flexibility index (Phi) is 5.31. The van der Waals surface area contributed by atoms with E-state index in [1.165, 1.54) is 3.57 Å². The van der Waals surface area contributed by atoms with Crippen molar-refractivity contribution >= 4 is 28.4 Å². The minimum absolute atomic E-state index is 0.183. The Labute approximate surface area is 133 Å². The number of nitrogens with two attached hydrogens (primary N) is 1. The number of rotatable bonds is 5. The molecule has 2 nitrogen and oxygen atoms in total. The van der Waals surface area contributed by atoms with Gasteiger partial charge in [-0.05, 0) is 45.9 Å². The molecule has 0 spiro atoms. The summed E-state index contributed by atoms with van der Waals surface area (Å²) in [6.45, 7) is 1.91. The van der Waals surface area contributed by atoms with Crippen LogP contribution >= 0.6 is 22.6 Å². The van der Waals surface area contributed by atoms with Crippen molar-refractivity contribution < 1.29 is 4.79 Å². The minimum Gasteiger partial charge on any atom is -0.323 e. The summed E-state index contributed by atoms with van der Waals surface area (Å²) in [5.41, 5.74) is 8.25. The quantitative estimate of drug-likeness (QED) is 0.805. The second kappa shape index (κ2) is 6.99. The van der Waals surface area contributed by atoms with Gasteiger partial charge in [-0.2, -0.15) is 0 Å². The summed E-state index contributed by atoms with van der Waals surface area (Å²) in [5.74, 6) is -0.000704. The van der Waals surface area contributed by atoms with E-state index in [0.717, 1.165) is 11.1 Å². The van der Waals surface area contributed by atoms with Crippen molar-refractivity contribution in [3.05, 3.63) is 69.3 Å². The SMILES string of the molecule is CC(C(=O)Cc1ccc(I)cc1)C(N)c1ccccc1. The van der Waals surface area contributed by atoms with Gasteiger partial charge in [0, 0.05) is 22.0 Å². The first-order valence-corrected chi connectivity index (χ1v) is 7.73. The molecule has 0 fully saturated rings. The predicted octanol–water partition coefficient (Wildman–Crippen LogP) is 3.74.